The minimum atomic E-state index is -1.25. The second kappa shape index (κ2) is 13.1. The van der Waals surface area contributed by atoms with Crippen LogP contribution in [0.3, 0.4) is 0 Å². The number of rotatable bonds is 10. The zero-order chi connectivity index (χ0) is 32.1. The number of aromatic nitrogens is 2. The average molecular weight is 610 g/mol. The number of ether oxygens (including phenoxy) is 1. The summed E-state index contributed by atoms with van der Waals surface area (Å²) in [5, 5.41) is 12.6. The summed E-state index contributed by atoms with van der Waals surface area (Å²) in [5.41, 5.74) is 6.74. The Morgan fingerprint density at radius 2 is 1.46 bits per heavy atom. The molecule has 1 heterocycles. The first kappa shape index (κ1) is 30.3. The van der Waals surface area contributed by atoms with Crippen LogP contribution >= 0.6 is 0 Å². The molecule has 7 nitrogen and oxygen atoms in total. The number of nitrogens with zero attached hydrogens (tertiary/aromatic N) is 2. The zero-order valence-electron chi connectivity index (χ0n) is 25.5. The molecular formula is C39H35N3O4. The zero-order valence-corrected chi connectivity index (χ0v) is 25.5. The Labute approximate surface area is 268 Å². The Bertz CT molecular complexity index is 1780. The number of benzene rings is 4. The van der Waals surface area contributed by atoms with Crippen LogP contribution in [0, 0.1) is 0 Å². The van der Waals surface area contributed by atoms with E-state index in [1.807, 2.05) is 103 Å². The number of aliphatic carboxylic acids is 1. The smallest absolute Gasteiger partial charge is 0.407 e. The summed E-state index contributed by atoms with van der Waals surface area (Å²) in [6.45, 7) is 6.21. The van der Waals surface area contributed by atoms with Crippen LogP contribution in [0.2, 0.25) is 0 Å². The topological polar surface area (TPSA) is 93.5 Å². The lowest BCUT2D eigenvalue weighted by atomic mass is 9.77. The maximum absolute atomic E-state index is 12.9. The Morgan fingerprint density at radius 3 is 2.00 bits per heavy atom. The Balaban J connectivity index is 1.26. The van der Waals surface area contributed by atoms with Gasteiger partial charge in [-0.05, 0) is 45.9 Å². The number of imidazole rings is 1. The lowest BCUT2D eigenvalue weighted by molar-refractivity contribution is -0.139. The summed E-state index contributed by atoms with van der Waals surface area (Å²) in [6.07, 6.45) is 4.72. The summed E-state index contributed by atoms with van der Waals surface area (Å²) in [7, 11) is 0. The Kier molecular flexibility index (Phi) is 8.65. The molecule has 0 bridgehead atoms. The highest BCUT2D eigenvalue weighted by molar-refractivity contribution is 5.87. The standard InChI is InChI=1S/C39H35N3O4/c1-3-32-27(2)33-21-13-14-22-34(33)35(32)25-46-38(45)41-36(37(43)44)23-31-24-42(26-40-31)39(28-15-7-4-8-16-28,29-17-9-5-10-18-29)30-19-11-6-12-20-30/h3-22,24,26,35-36H,2,23,25H2,1H3,(H,41,45)(H,43,44)/b32-3+/t35-,36+/m1/s1. The van der Waals surface area contributed by atoms with Crippen molar-refractivity contribution in [3.8, 4) is 0 Å². The van der Waals surface area contributed by atoms with Crippen molar-refractivity contribution in [1.29, 1.82) is 0 Å². The molecule has 0 saturated carbocycles. The van der Waals surface area contributed by atoms with E-state index in [0.717, 1.165) is 39.0 Å². The van der Waals surface area contributed by atoms with Gasteiger partial charge in [-0.3, -0.25) is 0 Å². The normalized spacial score (nSPS) is 15.7. The predicted octanol–water partition coefficient (Wildman–Crippen LogP) is 7.20. The van der Waals surface area contributed by atoms with E-state index in [9.17, 15) is 14.7 Å². The highest BCUT2D eigenvalue weighted by Crippen LogP contribution is 2.45. The number of nitrogens with one attached hydrogen (secondary N) is 1. The number of amides is 1. The van der Waals surface area contributed by atoms with Gasteiger partial charge in [-0.1, -0.05) is 128 Å². The van der Waals surface area contributed by atoms with Crippen LogP contribution in [0.25, 0.3) is 5.57 Å². The fourth-order valence-electron chi connectivity index (χ4n) is 6.55. The van der Waals surface area contributed by atoms with Crippen LogP contribution in [-0.4, -0.2) is 39.4 Å². The first-order chi connectivity index (χ1) is 22.4. The summed E-state index contributed by atoms with van der Waals surface area (Å²) in [5.74, 6) is -1.35. The molecule has 1 aromatic heterocycles. The van der Waals surface area contributed by atoms with Crippen molar-refractivity contribution in [2.45, 2.75) is 30.8 Å². The van der Waals surface area contributed by atoms with Gasteiger partial charge in [0.15, 0.2) is 0 Å². The lowest BCUT2D eigenvalue weighted by Crippen LogP contribution is -2.43. The molecule has 1 aliphatic rings. The van der Waals surface area contributed by atoms with E-state index < -0.39 is 23.6 Å². The Hall–Kier alpha value is -5.69. The van der Waals surface area contributed by atoms with Gasteiger partial charge >= 0.3 is 12.1 Å². The summed E-state index contributed by atoms with van der Waals surface area (Å²) in [4.78, 5) is 29.9. The van der Waals surface area contributed by atoms with Crippen molar-refractivity contribution in [2.24, 2.45) is 0 Å². The monoisotopic (exact) mass is 609 g/mol. The number of carbonyl (C=O) groups is 2. The van der Waals surface area contributed by atoms with E-state index in [0.29, 0.717) is 5.69 Å². The van der Waals surface area contributed by atoms with Crippen LogP contribution < -0.4 is 5.32 Å². The van der Waals surface area contributed by atoms with Gasteiger partial charge in [0, 0.05) is 18.5 Å². The maximum atomic E-state index is 12.9. The largest absolute Gasteiger partial charge is 0.480 e. The van der Waals surface area contributed by atoms with Crippen LogP contribution in [0.15, 0.2) is 146 Å². The molecule has 4 aromatic carbocycles. The molecule has 7 heteroatoms. The average Bonchev–Trinajstić information content (AvgIpc) is 3.67. The first-order valence-corrected chi connectivity index (χ1v) is 15.2. The van der Waals surface area contributed by atoms with Gasteiger partial charge in [0.2, 0.25) is 0 Å². The van der Waals surface area contributed by atoms with Gasteiger partial charge < -0.3 is 19.7 Å². The van der Waals surface area contributed by atoms with E-state index in [1.165, 1.54) is 0 Å². The highest BCUT2D eigenvalue weighted by Gasteiger charge is 2.39. The van der Waals surface area contributed by atoms with Crippen LogP contribution in [0.4, 0.5) is 4.79 Å². The molecule has 0 unspecified atom stereocenters. The second-order valence-corrected chi connectivity index (χ2v) is 11.3. The molecule has 5 aromatic rings. The van der Waals surface area contributed by atoms with Crippen molar-refractivity contribution in [3.05, 3.63) is 180 Å². The molecule has 0 saturated heterocycles. The van der Waals surface area contributed by atoms with E-state index in [2.05, 4.69) is 53.3 Å². The SMILES string of the molecule is C=C1/C(=C\C)[C@@H](COC(=O)N[C@@H](Cc2cn(C(c3ccccc3)(c3ccccc3)c3ccccc3)cn2)C(=O)O)c2ccccc21. The molecule has 6 rings (SSSR count). The van der Waals surface area contributed by atoms with Crippen molar-refractivity contribution < 1.29 is 19.4 Å². The molecule has 1 amide bonds. The fraction of sp³-hybridized carbons (Fsp3) is 0.154. The van der Waals surface area contributed by atoms with Gasteiger partial charge in [0.05, 0.1) is 12.0 Å². The Morgan fingerprint density at radius 1 is 0.913 bits per heavy atom. The first-order valence-electron chi connectivity index (χ1n) is 15.2. The van der Waals surface area contributed by atoms with Crippen molar-refractivity contribution in [3.63, 3.8) is 0 Å². The number of carboxylic acids is 1. The van der Waals surface area contributed by atoms with Crippen molar-refractivity contribution in [1.82, 2.24) is 14.9 Å². The number of carboxylic acid groups (broad SMARTS) is 1. The number of hydrogen-bond donors (Lipinski definition) is 2. The molecule has 230 valence electrons. The third-order valence-corrected chi connectivity index (χ3v) is 8.68. The number of alkyl carbamates (subject to hydrolysis) is 1. The van der Waals surface area contributed by atoms with Gasteiger partial charge in [-0.25, -0.2) is 14.6 Å². The predicted molar refractivity (Wildman–Crippen MR) is 178 cm³/mol. The molecule has 2 N–H and O–H groups in total. The minimum absolute atomic E-state index is 0.0327. The third kappa shape index (κ3) is 5.63. The summed E-state index contributed by atoms with van der Waals surface area (Å²) in [6, 6.07) is 37.1. The summed E-state index contributed by atoms with van der Waals surface area (Å²) >= 11 is 0. The number of fused-ring (bicyclic) bond motifs is 1. The van der Waals surface area contributed by atoms with Crippen LogP contribution in [0.1, 0.15) is 46.4 Å². The molecule has 0 aliphatic heterocycles. The second-order valence-electron chi connectivity index (χ2n) is 11.3. The van der Waals surface area contributed by atoms with Crippen molar-refractivity contribution in [2.75, 3.05) is 6.61 Å². The van der Waals surface area contributed by atoms with Crippen LogP contribution in [0.5, 0.6) is 0 Å². The van der Waals surface area contributed by atoms with Crippen molar-refractivity contribution >= 4 is 17.6 Å². The van der Waals surface area contributed by atoms with Gasteiger partial charge in [-0.2, -0.15) is 0 Å². The van der Waals surface area contributed by atoms with Gasteiger partial charge in [0.25, 0.3) is 0 Å². The highest BCUT2D eigenvalue weighted by atomic mass is 16.5. The number of hydrogen-bond acceptors (Lipinski definition) is 4. The van der Waals surface area contributed by atoms with E-state index >= 15 is 0 Å². The van der Waals surface area contributed by atoms with E-state index in [4.69, 9.17) is 4.74 Å². The molecule has 2 atom stereocenters. The fourth-order valence-corrected chi connectivity index (χ4v) is 6.55. The number of allylic oxidation sites excluding steroid dienone is 2. The summed E-state index contributed by atoms with van der Waals surface area (Å²) < 4.78 is 7.61. The quantitative estimate of drug-likeness (QED) is 0.163. The number of carbonyl (C=O) groups excluding carboxylic acids is 1. The molecule has 0 spiro atoms. The molecule has 46 heavy (non-hydrogen) atoms. The maximum Gasteiger partial charge on any atom is 0.407 e. The molecular weight excluding hydrogens is 574 g/mol. The lowest BCUT2D eigenvalue weighted by Gasteiger charge is -2.37. The molecule has 1 aliphatic carbocycles. The van der Waals surface area contributed by atoms with Gasteiger partial charge in [-0.15, -0.1) is 0 Å². The van der Waals surface area contributed by atoms with Crippen LogP contribution in [-0.2, 0) is 21.5 Å². The molecule has 0 fully saturated rings. The van der Waals surface area contributed by atoms with E-state index in [1.54, 1.807) is 6.33 Å². The third-order valence-electron chi connectivity index (χ3n) is 8.68. The molecule has 0 radical (unpaired) electrons. The van der Waals surface area contributed by atoms with E-state index in [-0.39, 0.29) is 18.9 Å². The van der Waals surface area contributed by atoms with Gasteiger partial charge in [0.1, 0.15) is 18.2 Å². The minimum Gasteiger partial charge on any atom is -0.480 e.